The SMILES string of the molecule is CO/C=C(C(=O)O)/C(C)=C/C=C/c1ccc2c(c1)OC1(CO2)OC(C=C(C)C)OC1(C)C. The third-order valence-electron chi connectivity index (χ3n) is 5.29. The number of allylic oxidation sites excluding steroid dienone is 3. The third-order valence-corrected chi connectivity index (χ3v) is 5.29. The molecule has 0 radical (unpaired) electrons. The zero-order valence-corrected chi connectivity index (χ0v) is 19.3. The highest BCUT2D eigenvalue weighted by molar-refractivity contribution is 5.91. The van der Waals surface area contributed by atoms with Crippen molar-refractivity contribution in [2.24, 2.45) is 0 Å². The van der Waals surface area contributed by atoms with E-state index in [4.69, 9.17) is 23.7 Å². The Bertz CT molecular complexity index is 996. The van der Waals surface area contributed by atoms with Crippen LogP contribution in [-0.4, -0.2) is 42.5 Å². The molecule has 172 valence electrons. The van der Waals surface area contributed by atoms with E-state index in [0.717, 1.165) is 11.1 Å². The van der Waals surface area contributed by atoms with E-state index in [1.807, 2.05) is 58.0 Å². The first-order valence-corrected chi connectivity index (χ1v) is 10.3. The lowest BCUT2D eigenvalue weighted by atomic mass is 9.97. The molecule has 0 saturated carbocycles. The summed E-state index contributed by atoms with van der Waals surface area (Å²) in [5, 5.41) is 9.26. The molecule has 2 atom stereocenters. The monoisotopic (exact) mass is 442 g/mol. The Labute approximate surface area is 188 Å². The minimum Gasteiger partial charge on any atom is -0.503 e. The van der Waals surface area contributed by atoms with Gasteiger partial charge in [0.1, 0.15) is 5.60 Å². The molecule has 1 aromatic carbocycles. The van der Waals surface area contributed by atoms with Gasteiger partial charge in [-0.3, -0.25) is 0 Å². The van der Waals surface area contributed by atoms with Crippen molar-refractivity contribution in [3.63, 3.8) is 0 Å². The summed E-state index contributed by atoms with van der Waals surface area (Å²) in [7, 11) is 1.41. The normalized spacial score (nSPS) is 24.6. The maximum absolute atomic E-state index is 11.3. The van der Waals surface area contributed by atoms with Crippen LogP contribution >= 0.6 is 0 Å². The number of methoxy groups -OCH3 is 1. The van der Waals surface area contributed by atoms with Crippen LogP contribution < -0.4 is 9.47 Å². The molecule has 1 saturated heterocycles. The number of carboxylic acid groups (broad SMARTS) is 1. The van der Waals surface area contributed by atoms with Crippen LogP contribution in [0, 0.1) is 0 Å². The average molecular weight is 443 g/mol. The van der Waals surface area contributed by atoms with Gasteiger partial charge >= 0.3 is 5.97 Å². The Kier molecular flexibility index (Phi) is 6.81. The molecule has 0 amide bonds. The summed E-state index contributed by atoms with van der Waals surface area (Å²) >= 11 is 0. The van der Waals surface area contributed by atoms with Crippen LogP contribution in [0.4, 0.5) is 0 Å². The van der Waals surface area contributed by atoms with Crippen LogP contribution in [0.5, 0.6) is 11.5 Å². The molecule has 1 fully saturated rings. The van der Waals surface area contributed by atoms with Crippen LogP contribution in [0.15, 0.2) is 59.4 Å². The molecule has 32 heavy (non-hydrogen) atoms. The van der Waals surface area contributed by atoms with Gasteiger partial charge in [0.2, 0.25) is 0 Å². The lowest BCUT2D eigenvalue weighted by Crippen LogP contribution is -2.58. The molecule has 2 aliphatic heterocycles. The number of aliphatic carboxylic acids is 1. The summed E-state index contributed by atoms with van der Waals surface area (Å²) in [6.07, 6.45) is 7.93. The standard InChI is InChI=1S/C25H30O7/c1-16(2)12-22-31-24(4,5)25(32-22)15-29-20-11-10-18(13-21(20)30-25)9-7-8-17(3)19(14-28-6)23(26)27/h7-14,22H,15H2,1-6H3,(H,26,27)/b9-7+,17-8+,19-14-. The van der Waals surface area contributed by atoms with Crippen LogP contribution in [0.1, 0.15) is 40.2 Å². The first-order valence-electron chi connectivity index (χ1n) is 10.3. The second-order valence-corrected chi connectivity index (χ2v) is 8.49. The van der Waals surface area contributed by atoms with E-state index in [-0.39, 0.29) is 12.2 Å². The van der Waals surface area contributed by atoms with Gasteiger partial charge < -0.3 is 28.8 Å². The fraction of sp³-hybridized carbons (Fsp3) is 0.400. The molecule has 7 heteroatoms. The molecule has 1 aromatic rings. The van der Waals surface area contributed by atoms with E-state index >= 15 is 0 Å². The van der Waals surface area contributed by atoms with Gasteiger partial charge in [0.25, 0.3) is 5.79 Å². The highest BCUT2D eigenvalue weighted by Crippen LogP contribution is 2.46. The van der Waals surface area contributed by atoms with Gasteiger partial charge in [-0.05, 0) is 64.0 Å². The van der Waals surface area contributed by atoms with E-state index in [1.165, 1.54) is 13.4 Å². The van der Waals surface area contributed by atoms with Gasteiger partial charge in [0, 0.05) is 0 Å². The minimum atomic E-state index is -1.07. The number of carbonyl (C=O) groups is 1. The van der Waals surface area contributed by atoms with Crippen molar-refractivity contribution in [1.29, 1.82) is 0 Å². The first-order chi connectivity index (χ1) is 15.1. The van der Waals surface area contributed by atoms with Crippen molar-refractivity contribution < 1.29 is 33.6 Å². The van der Waals surface area contributed by atoms with Crippen LogP contribution in [0.2, 0.25) is 0 Å². The van der Waals surface area contributed by atoms with E-state index in [1.54, 1.807) is 19.1 Å². The Balaban J connectivity index is 1.81. The number of benzene rings is 1. The highest BCUT2D eigenvalue weighted by atomic mass is 16.8. The van der Waals surface area contributed by atoms with Crippen LogP contribution in [0.3, 0.4) is 0 Å². The van der Waals surface area contributed by atoms with Crippen LogP contribution in [0.25, 0.3) is 6.08 Å². The molecule has 0 bridgehead atoms. The number of rotatable bonds is 6. The quantitative estimate of drug-likeness (QED) is 0.292. The molecule has 3 rings (SSSR count). The van der Waals surface area contributed by atoms with Crippen molar-refractivity contribution in [1.82, 2.24) is 0 Å². The second-order valence-electron chi connectivity index (χ2n) is 8.49. The molecule has 0 aromatic heterocycles. The molecule has 2 heterocycles. The van der Waals surface area contributed by atoms with Gasteiger partial charge in [0.15, 0.2) is 24.4 Å². The van der Waals surface area contributed by atoms with E-state index < -0.39 is 23.6 Å². The smallest absolute Gasteiger partial charge is 0.339 e. The van der Waals surface area contributed by atoms with Crippen molar-refractivity contribution in [2.75, 3.05) is 13.7 Å². The molecule has 2 aliphatic rings. The molecule has 7 nitrogen and oxygen atoms in total. The fourth-order valence-electron chi connectivity index (χ4n) is 3.46. The van der Waals surface area contributed by atoms with Crippen molar-refractivity contribution in [3.05, 3.63) is 65.0 Å². The molecule has 1 N–H and O–H groups in total. The van der Waals surface area contributed by atoms with Gasteiger partial charge in [-0.2, -0.15) is 0 Å². The van der Waals surface area contributed by atoms with Gasteiger partial charge in [0.05, 0.1) is 18.9 Å². The first kappa shape index (κ1) is 23.6. The largest absolute Gasteiger partial charge is 0.503 e. The summed E-state index contributed by atoms with van der Waals surface area (Å²) in [6, 6.07) is 5.58. The lowest BCUT2D eigenvalue weighted by Gasteiger charge is -2.40. The van der Waals surface area contributed by atoms with Gasteiger partial charge in [-0.1, -0.05) is 29.9 Å². The number of ether oxygens (including phenoxy) is 5. The molecular weight excluding hydrogens is 412 g/mol. The zero-order valence-electron chi connectivity index (χ0n) is 19.3. The highest BCUT2D eigenvalue weighted by Gasteiger charge is 2.60. The van der Waals surface area contributed by atoms with E-state index in [0.29, 0.717) is 17.1 Å². The summed E-state index contributed by atoms with van der Waals surface area (Å²) in [4.78, 5) is 11.3. The number of carboxylic acids is 1. The Morgan fingerprint density at radius 1 is 1.19 bits per heavy atom. The van der Waals surface area contributed by atoms with E-state index in [2.05, 4.69) is 0 Å². The third kappa shape index (κ3) is 4.89. The van der Waals surface area contributed by atoms with E-state index in [9.17, 15) is 9.90 Å². The Hall–Kier alpha value is -3.03. The maximum Gasteiger partial charge on any atom is 0.339 e. The predicted octanol–water partition coefficient (Wildman–Crippen LogP) is 4.85. The molecule has 1 spiro atoms. The van der Waals surface area contributed by atoms with Gasteiger partial charge in [-0.25, -0.2) is 4.79 Å². The number of hydrogen-bond donors (Lipinski definition) is 1. The molecular formula is C25H30O7. The fourth-order valence-corrected chi connectivity index (χ4v) is 3.46. The minimum absolute atomic E-state index is 0.0906. The summed E-state index contributed by atoms with van der Waals surface area (Å²) < 4.78 is 29.3. The average Bonchev–Trinajstić information content (AvgIpc) is 2.93. The summed E-state index contributed by atoms with van der Waals surface area (Å²) in [6.45, 7) is 9.73. The molecule has 2 unspecified atom stereocenters. The van der Waals surface area contributed by atoms with Crippen LogP contribution in [-0.2, 0) is 19.0 Å². The van der Waals surface area contributed by atoms with Gasteiger partial charge in [-0.15, -0.1) is 0 Å². The van der Waals surface area contributed by atoms with Crippen molar-refractivity contribution in [3.8, 4) is 11.5 Å². The van der Waals surface area contributed by atoms with Crippen molar-refractivity contribution in [2.45, 2.75) is 52.3 Å². The topological polar surface area (TPSA) is 83.5 Å². The summed E-state index contributed by atoms with van der Waals surface area (Å²) in [5.74, 6) is -0.942. The molecule has 0 aliphatic carbocycles. The van der Waals surface area contributed by atoms with Crippen molar-refractivity contribution >= 4 is 12.0 Å². The Morgan fingerprint density at radius 3 is 2.59 bits per heavy atom. The Morgan fingerprint density at radius 2 is 1.94 bits per heavy atom. The number of fused-ring (bicyclic) bond motifs is 1. The lowest BCUT2D eigenvalue weighted by molar-refractivity contribution is -0.216. The zero-order chi connectivity index (χ0) is 23.5. The second kappa shape index (κ2) is 9.22. The maximum atomic E-state index is 11.3. The number of hydrogen-bond acceptors (Lipinski definition) is 6. The predicted molar refractivity (Wildman–Crippen MR) is 120 cm³/mol. The summed E-state index contributed by atoms with van der Waals surface area (Å²) in [5.41, 5.74) is 1.87.